The smallest absolute Gasteiger partial charge is 0.308 e. The summed E-state index contributed by atoms with van der Waals surface area (Å²) in [7, 11) is 1.43. The number of carbonyl (C=O) groups excluding carboxylic acids is 2. The first-order chi connectivity index (χ1) is 13.7. The Morgan fingerprint density at radius 2 is 1.76 bits per heavy atom. The number of amides is 1. The fourth-order valence-corrected chi connectivity index (χ4v) is 6.17. The van der Waals surface area contributed by atoms with Crippen LogP contribution < -0.4 is 0 Å². The van der Waals surface area contributed by atoms with Crippen molar-refractivity contribution in [2.75, 3.05) is 13.7 Å². The van der Waals surface area contributed by atoms with Crippen LogP contribution in [0.5, 0.6) is 5.75 Å². The van der Waals surface area contributed by atoms with E-state index in [0.29, 0.717) is 12.2 Å². The van der Waals surface area contributed by atoms with Gasteiger partial charge in [-0.3, -0.25) is 9.59 Å². The van der Waals surface area contributed by atoms with Crippen molar-refractivity contribution in [3.05, 3.63) is 29.3 Å². The molecule has 0 spiro atoms. The SMILES string of the molecule is COC(=O)[C@H]1CC[C@H](C(=O)N2CC[C@@]3(C)c4cccc(O)c4C[C@@H]2C3(C)C)CC1. The summed E-state index contributed by atoms with van der Waals surface area (Å²) in [5.74, 6) is 0.352. The molecule has 4 rings (SSSR count). The van der Waals surface area contributed by atoms with E-state index in [2.05, 4.69) is 31.7 Å². The molecular weight excluding hydrogens is 366 g/mol. The lowest BCUT2D eigenvalue weighted by atomic mass is 9.51. The van der Waals surface area contributed by atoms with Gasteiger partial charge >= 0.3 is 5.97 Å². The maximum atomic E-state index is 13.5. The van der Waals surface area contributed by atoms with Gasteiger partial charge in [-0.25, -0.2) is 0 Å². The number of nitrogens with zero attached hydrogens (tertiary/aromatic N) is 1. The highest BCUT2D eigenvalue weighted by Gasteiger charge is 2.57. The van der Waals surface area contributed by atoms with Gasteiger partial charge in [-0.15, -0.1) is 0 Å². The van der Waals surface area contributed by atoms with Gasteiger partial charge < -0.3 is 14.7 Å². The maximum absolute atomic E-state index is 13.5. The predicted molar refractivity (Wildman–Crippen MR) is 111 cm³/mol. The number of esters is 1. The minimum Gasteiger partial charge on any atom is -0.508 e. The third-order valence-electron chi connectivity index (χ3n) is 8.52. The van der Waals surface area contributed by atoms with Crippen LogP contribution in [0.1, 0.15) is 64.0 Å². The molecule has 29 heavy (non-hydrogen) atoms. The first-order valence-corrected chi connectivity index (χ1v) is 10.9. The van der Waals surface area contributed by atoms with Gasteiger partial charge in [0.25, 0.3) is 0 Å². The Labute approximate surface area is 173 Å². The van der Waals surface area contributed by atoms with E-state index in [4.69, 9.17) is 4.74 Å². The molecule has 1 saturated heterocycles. The topological polar surface area (TPSA) is 66.8 Å². The van der Waals surface area contributed by atoms with E-state index in [1.54, 1.807) is 6.07 Å². The molecular formula is C24H33NO4. The van der Waals surface area contributed by atoms with Crippen LogP contribution in [0.4, 0.5) is 0 Å². The van der Waals surface area contributed by atoms with Crippen LogP contribution in [-0.4, -0.2) is 41.6 Å². The van der Waals surface area contributed by atoms with E-state index in [1.807, 2.05) is 6.07 Å². The second-order valence-electron chi connectivity index (χ2n) is 9.93. The highest BCUT2D eigenvalue weighted by molar-refractivity contribution is 5.80. The number of phenolic OH excluding ortho intramolecular Hbond substituents is 1. The quantitative estimate of drug-likeness (QED) is 0.768. The molecule has 2 aliphatic carbocycles. The Balaban J connectivity index is 1.58. The molecule has 2 fully saturated rings. The standard InChI is InChI=1S/C24H33NO4/c1-23(2)20-14-17-18(6-5-7-19(17)26)24(23,3)12-13-25(20)21(27)15-8-10-16(11-9-15)22(28)29-4/h5-7,15-16,20,26H,8-14H2,1-4H3/t15-,16-,20-,24+/m1/s1. The van der Waals surface area contributed by atoms with Crippen LogP contribution in [0, 0.1) is 17.3 Å². The molecule has 2 bridgehead atoms. The van der Waals surface area contributed by atoms with E-state index in [-0.39, 0.29) is 40.6 Å². The summed E-state index contributed by atoms with van der Waals surface area (Å²) >= 11 is 0. The second kappa shape index (κ2) is 7.03. The summed E-state index contributed by atoms with van der Waals surface area (Å²) in [4.78, 5) is 27.4. The molecule has 1 aromatic carbocycles. The molecule has 2 atom stereocenters. The highest BCUT2D eigenvalue weighted by atomic mass is 16.5. The number of piperidine rings is 1. The van der Waals surface area contributed by atoms with Crippen molar-refractivity contribution in [3.8, 4) is 5.75 Å². The lowest BCUT2D eigenvalue weighted by Crippen LogP contribution is -2.65. The van der Waals surface area contributed by atoms with Gasteiger partial charge in [-0.05, 0) is 61.1 Å². The Morgan fingerprint density at radius 1 is 1.10 bits per heavy atom. The zero-order valence-corrected chi connectivity index (χ0v) is 18.0. The van der Waals surface area contributed by atoms with Crippen LogP contribution in [0.2, 0.25) is 0 Å². The summed E-state index contributed by atoms with van der Waals surface area (Å²) < 4.78 is 4.88. The van der Waals surface area contributed by atoms with Gasteiger partial charge in [0.15, 0.2) is 0 Å². The Hall–Kier alpha value is -2.04. The van der Waals surface area contributed by atoms with E-state index in [0.717, 1.165) is 44.2 Å². The van der Waals surface area contributed by atoms with Gasteiger partial charge in [-0.1, -0.05) is 32.9 Å². The fraction of sp³-hybridized carbons (Fsp3) is 0.667. The summed E-state index contributed by atoms with van der Waals surface area (Å²) in [6, 6.07) is 5.93. The number of benzene rings is 1. The molecule has 1 saturated carbocycles. The van der Waals surface area contributed by atoms with Crippen molar-refractivity contribution < 1.29 is 19.4 Å². The number of hydrogen-bond acceptors (Lipinski definition) is 4. The zero-order valence-electron chi connectivity index (χ0n) is 18.0. The summed E-state index contributed by atoms with van der Waals surface area (Å²) in [6.45, 7) is 7.60. The van der Waals surface area contributed by atoms with Crippen LogP contribution in [-0.2, 0) is 26.2 Å². The number of rotatable bonds is 2. The molecule has 0 aromatic heterocycles. The van der Waals surface area contributed by atoms with Gasteiger partial charge in [0, 0.05) is 23.9 Å². The van der Waals surface area contributed by atoms with Gasteiger partial charge in [0.2, 0.25) is 5.91 Å². The number of likely N-dealkylation sites (tertiary alicyclic amines) is 1. The number of hydrogen-bond donors (Lipinski definition) is 1. The third kappa shape index (κ3) is 2.96. The highest BCUT2D eigenvalue weighted by Crippen LogP contribution is 2.57. The largest absolute Gasteiger partial charge is 0.508 e. The number of methoxy groups -OCH3 is 1. The second-order valence-corrected chi connectivity index (χ2v) is 9.93. The Morgan fingerprint density at radius 3 is 2.41 bits per heavy atom. The maximum Gasteiger partial charge on any atom is 0.308 e. The van der Waals surface area contributed by atoms with Crippen LogP contribution >= 0.6 is 0 Å². The number of aromatic hydroxyl groups is 1. The molecule has 0 unspecified atom stereocenters. The van der Waals surface area contributed by atoms with Crippen LogP contribution in [0.3, 0.4) is 0 Å². The van der Waals surface area contributed by atoms with E-state index >= 15 is 0 Å². The van der Waals surface area contributed by atoms with Crippen molar-refractivity contribution in [2.24, 2.45) is 17.3 Å². The first-order valence-electron chi connectivity index (χ1n) is 10.9. The molecule has 0 radical (unpaired) electrons. The molecule has 5 heteroatoms. The number of ether oxygens (including phenoxy) is 1. The minimum absolute atomic E-state index is 0.0122. The van der Waals surface area contributed by atoms with Crippen LogP contribution in [0.25, 0.3) is 0 Å². The van der Waals surface area contributed by atoms with Crippen molar-refractivity contribution in [1.29, 1.82) is 0 Å². The zero-order chi connectivity index (χ0) is 21.0. The van der Waals surface area contributed by atoms with E-state index in [9.17, 15) is 14.7 Å². The number of phenols is 1. The molecule has 1 aliphatic heterocycles. The average Bonchev–Trinajstić information content (AvgIpc) is 2.70. The van der Waals surface area contributed by atoms with Gasteiger partial charge in [-0.2, -0.15) is 0 Å². The lowest BCUT2D eigenvalue weighted by molar-refractivity contribution is -0.153. The normalized spacial score (nSPS) is 33.0. The summed E-state index contributed by atoms with van der Waals surface area (Å²) in [5, 5.41) is 10.5. The van der Waals surface area contributed by atoms with Crippen molar-refractivity contribution in [1.82, 2.24) is 4.90 Å². The Kier molecular flexibility index (Phi) is 4.91. The van der Waals surface area contributed by atoms with Crippen LogP contribution in [0.15, 0.2) is 18.2 Å². The third-order valence-corrected chi connectivity index (χ3v) is 8.52. The molecule has 5 nitrogen and oxygen atoms in total. The Bertz CT molecular complexity index is 824. The summed E-state index contributed by atoms with van der Waals surface area (Å²) in [6.07, 6.45) is 4.56. The molecule has 1 N–H and O–H groups in total. The van der Waals surface area contributed by atoms with E-state index < -0.39 is 0 Å². The molecule has 1 aromatic rings. The van der Waals surface area contributed by atoms with E-state index in [1.165, 1.54) is 12.7 Å². The van der Waals surface area contributed by atoms with Crippen molar-refractivity contribution in [2.45, 2.75) is 70.8 Å². The monoisotopic (exact) mass is 399 g/mol. The fourth-order valence-electron chi connectivity index (χ4n) is 6.17. The molecule has 3 aliphatic rings. The summed E-state index contributed by atoms with van der Waals surface area (Å²) in [5.41, 5.74) is 2.10. The number of fused-ring (bicyclic) bond motifs is 4. The lowest BCUT2D eigenvalue weighted by Gasteiger charge is -2.61. The minimum atomic E-state index is -0.148. The van der Waals surface area contributed by atoms with Crippen molar-refractivity contribution in [3.63, 3.8) is 0 Å². The first kappa shape index (κ1) is 20.2. The van der Waals surface area contributed by atoms with Gasteiger partial charge in [0.1, 0.15) is 5.75 Å². The molecule has 1 amide bonds. The molecule has 158 valence electrons. The van der Waals surface area contributed by atoms with Gasteiger partial charge in [0.05, 0.1) is 13.0 Å². The molecule has 1 heterocycles. The van der Waals surface area contributed by atoms with Crippen molar-refractivity contribution >= 4 is 11.9 Å². The number of carbonyl (C=O) groups is 2. The predicted octanol–water partition coefficient (Wildman–Crippen LogP) is 3.81. The average molecular weight is 400 g/mol.